The number of aliphatic hydroxyl groups is 1. The molecule has 1 aromatic heterocycles. The molecule has 0 spiro atoms. The highest BCUT2D eigenvalue weighted by molar-refractivity contribution is 5.89. The van der Waals surface area contributed by atoms with E-state index in [-0.39, 0.29) is 22.5 Å². The molecule has 150 valence electrons. The van der Waals surface area contributed by atoms with Gasteiger partial charge in [-0.15, -0.1) is 0 Å². The molecular formula is C23H23NO5. The van der Waals surface area contributed by atoms with Crippen molar-refractivity contribution in [2.45, 2.75) is 18.4 Å². The highest BCUT2D eigenvalue weighted by Gasteiger charge is 2.32. The summed E-state index contributed by atoms with van der Waals surface area (Å²) in [5, 5.41) is 31.4. The van der Waals surface area contributed by atoms with E-state index < -0.39 is 17.5 Å². The summed E-state index contributed by atoms with van der Waals surface area (Å²) in [6.07, 6.45) is 3.36. The molecule has 4 rings (SSSR count). The SMILES string of the molecule is CN1CC[C@H](c2c(O)cc(O)c3c(=O)cc(/C=C/c4ccccc4)oc23)[C@H](O)C1. The van der Waals surface area contributed by atoms with Gasteiger partial charge in [0.15, 0.2) is 5.43 Å². The molecule has 3 N–H and O–H groups in total. The Hall–Kier alpha value is -3.09. The summed E-state index contributed by atoms with van der Waals surface area (Å²) in [4.78, 5) is 14.7. The molecule has 1 aliphatic heterocycles. The Balaban J connectivity index is 1.86. The van der Waals surface area contributed by atoms with Crippen molar-refractivity contribution in [1.29, 1.82) is 0 Å². The molecule has 0 amide bonds. The van der Waals surface area contributed by atoms with Gasteiger partial charge >= 0.3 is 0 Å². The van der Waals surface area contributed by atoms with E-state index >= 15 is 0 Å². The number of aliphatic hydroxyl groups excluding tert-OH is 1. The van der Waals surface area contributed by atoms with Crippen LogP contribution in [0.3, 0.4) is 0 Å². The average molecular weight is 393 g/mol. The number of β-amino-alcohol motifs (C(OH)–C–C–N with tert-alkyl or cyclic N) is 1. The lowest BCUT2D eigenvalue weighted by Gasteiger charge is -2.34. The molecule has 0 unspecified atom stereocenters. The second kappa shape index (κ2) is 7.73. The number of hydrogen-bond acceptors (Lipinski definition) is 6. The third-order valence-electron chi connectivity index (χ3n) is 5.41. The zero-order valence-corrected chi connectivity index (χ0v) is 16.1. The van der Waals surface area contributed by atoms with Crippen LogP contribution in [0.15, 0.2) is 51.7 Å². The van der Waals surface area contributed by atoms with Gasteiger partial charge in [0.05, 0.1) is 6.10 Å². The van der Waals surface area contributed by atoms with Crippen LogP contribution in [0.25, 0.3) is 23.1 Å². The van der Waals surface area contributed by atoms with Gasteiger partial charge < -0.3 is 24.6 Å². The zero-order valence-electron chi connectivity index (χ0n) is 16.1. The molecule has 0 saturated carbocycles. The van der Waals surface area contributed by atoms with Crippen LogP contribution in [0.4, 0.5) is 0 Å². The van der Waals surface area contributed by atoms with Gasteiger partial charge in [-0.1, -0.05) is 36.4 Å². The van der Waals surface area contributed by atoms with E-state index in [0.29, 0.717) is 24.3 Å². The fourth-order valence-electron chi connectivity index (χ4n) is 3.95. The molecule has 0 bridgehead atoms. The van der Waals surface area contributed by atoms with Crippen molar-refractivity contribution in [3.63, 3.8) is 0 Å². The molecule has 29 heavy (non-hydrogen) atoms. The van der Waals surface area contributed by atoms with Gasteiger partial charge in [0, 0.05) is 30.2 Å². The fraction of sp³-hybridized carbons (Fsp3) is 0.261. The first-order valence-electron chi connectivity index (χ1n) is 9.56. The standard InChI is InChI=1S/C23H23NO5/c1-24-10-9-16(20(28)13-24)21-18(26)12-19(27)22-17(25)11-15(29-23(21)22)8-7-14-5-3-2-4-6-14/h2-8,11-12,16,20,26-28H,9-10,13H2,1H3/b8-7+/t16-,20+/m0/s1. The molecule has 1 aliphatic rings. The van der Waals surface area contributed by atoms with Crippen LogP contribution in [0.5, 0.6) is 11.5 Å². The molecule has 2 atom stereocenters. The monoisotopic (exact) mass is 393 g/mol. The van der Waals surface area contributed by atoms with Gasteiger partial charge in [0.2, 0.25) is 0 Å². The van der Waals surface area contributed by atoms with Crippen LogP contribution in [-0.2, 0) is 0 Å². The molecule has 2 aromatic carbocycles. The molecule has 1 saturated heterocycles. The van der Waals surface area contributed by atoms with E-state index in [1.54, 1.807) is 6.08 Å². The number of hydrogen-bond donors (Lipinski definition) is 3. The minimum Gasteiger partial charge on any atom is -0.507 e. The van der Waals surface area contributed by atoms with Crippen LogP contribution in [0, 0.1) is 0 Å². The molecule has 0 radical (unpaired) electrons. The van der Waals surface area contributed by atoms with E-state index in [0.717, 1.165) is 18.2 Å². The first-order chi connectivity index (χ1) is 13.9. The number of nitrogens with zero attached hydrogens (tertiary/aromatic N) is 1. The molecular weight excluding hydrogens is 370 g/mol. The van der Waals surface area contributed by atoms with Gasteiger partial charge in [-0.2, -0.15) is 0 Å². The summed E-state index contributed by atoms with van der Waals surface area (Å²) in [6, 6.07) is 12.0. The molecule has 2 heterocycles. The highest BCUT2D eigenvalue weighted by Crippen LogP contribution is 2.41. The van der Waals surface area contributed by atoms with Crippen molar-refractivity contribution >= 4 is 23.1 Å². The third-order valence-corrected chi connectivity index (χ3v) is 5.41. The van der Waals surface area contributed by atoms with Crippen molar-refractivity contribution < 1.29 is 19.7 Å². The van der Waals surface area contributed by atoms with E-state index in [1.807, 2.05) is 48.4 Å². The maximum absolute atomic E-state index is 12.7. The van der Waals surface area contributed by atoms with Crippen molar-refractivity contribution in [2.24, 2.45) is 0 Å². The summed E-state index contributed by atoms with van der Waals surface area (Å²) >= 11 is 0. The predicted octanol–water partition coefficient (Wildman–Crippen LogP) is 3.15. The summed E-state index contributed by atoms with van der Waals surface area (Å²) < 4.78 is 5.95. The Labute approximate surface area is 168 Å². The number of phenols is 2. The zero-order chi connectivity index (χ0) is 20.5. The van der Waals surface area contributed by atoms with Crippen LogP contribution >= 0.6 is 0 Å². The Morgan fingerprint density at radius 3 is 2.59 bits per heavy atom. The second-order valence-corrected chi connectivity index (χ2v) is 7.51. The third kappa shape index (κ3) is 3.77. The van der Waals surface area contributed by atoms with Gasteiger partial charge in [0.1, 0.15) is 28.2 Å². The largest absolute Gasteiger partial charge is 0.507 e. The van der Waals surface area contributed by atoms with E-state index in [2.05, 4.69) is 0 Å². The van der Waals surface area contributed by atoms with Gasteiger partial charge in [-0.3, -0.25) is 4.79 Å². The van der Waals surface area contributed by atoms with Crippen molar-refractivity contribution in [2.75, 3.05) is 20.1 Å². The molecule has 1 fully saturated rings. The summed E-state index contributed by atoms with van der Waals surface area (Å²) in [5.74, 6) is -0.613. The summed E-state index contributed by atoms with van der Waals surface area (Å²) in [5.41, 5.74) is 1.03. The van der Waals surface area contributed by atoms with Crippen molar-refractivity contribution in [3.05, 3.63) is 69.6 Å². The van der Waals surface area contributed by atoms with Gasteiger partial charge in [-0.25, -0.2) is 0 Å². The molecule has 6 heteroatoms. The average Bonchev–Trinajstić information content (AvgIpc) is 2.68. The lowest BCUT2D eigenvalue weighted by Crippen LogP contribution is -2.40. The van der Waals surface area contributed by atoms with Gasteiger partial charge in [0.25, 0.3) is 0 Å². The number of piperidine rings is 1. The van der Waals surface area contributed by atoms with Crippen LogP contribution in [0.1, 0.15) is 29.2 Å². The topological polar surface area (TPSA) is 94.1 Å². The van der Waals surface area contributed by atoms with E-state index in [4.69, 9.17) is 4.42 Å². The lowest BCUT2D eigenvalue weighted by molar-refractivity contribution is 0.0630. The Bertz CT molecular complexity index is 1120. The minimum absolute atomic E-state index is 0.0146. The first kappa shape index (κ1) is 19.2. The number of phenolic OH excluding ortho intramolecular Hbond substituents is 2. The second-order valence-electron chi connectivity index (χ2n) is 7.51. The Morgan fingerprint density at radius 1 is 1.10 bits per heavy atom. The van der Waals surface area contributed by atoms with Crippen molar-refractivity contribution in [3.8, 4) is 11.5 Å². The first-order valence-corrected chi connectivity index (χ1v) is 9.56. The lowest BCUT2D eigenvalue weighted by atomic mass is 9.85. The predicted molar refractivity (Wildman–Crippen MR) is 112 cm³/mol. The van der Waals surface area contributed by atoms with Crippen LogP contribution < -0.4 is 5.43 Å². The quantitative estimate of drug-likeness (QED) is 0.633. The van der Waals surface area contributed by atoms with Crippen LogP contribution in [-0.4, -0.2) is 46.5 Å². The van der Waals surface area contributed by atoms with Crippen LogP contribution in [0.2, 0.25) is 0 Å². The fourth-order valence-corrected chi connectivity index (χ4v) is 3.95. The number of aromatic hydroxyl groups is 2. The summed E-state index contributed by atoms with van der Waals surface area (Å²) in [6.45, 7) is 1.19. The summed E-state index contributed by atoms with van der Waals surface area (Å²) in [7, 11) is 1.92. The smallest absolute Gasteiger partial charge is 0.197 e. The minimum atomic E-state index is -0.721. The molecule has 6 nitrogen and oxygen atoms in total. The Kier molecular flexibility index (Phi) is 5.13. The normalized spacial score (nSPS) is 20.5. The number of benzene rings is 2. The maximum atomic E-state index is 12.7. The maximum Gasteiger partial charge on any atom is 0.197 e. The number of likely N-dealkylation sites (N-methyl/N-ethyl adjacent to an activating group) is 1. The van der Waals surface area contributed by atoms with Gasteiger partial charge in [-0.05, 0) is 31.7 Å². The van der Waals surface area contributed by atoms with E-state index in [1.165, 1.54) is 6.07 Å². The number of likely N-dealkylation sites (tertiary alicyclic amines) is 1. The number of fused-ring (bicyclic) bond motifs is 1. The molecule has 3 aromatic rings. The van der Waals surface area contributed by atoms with Crippen molar-refractivity contribution in [1.82, 2.24) is 4.90 Å². The van der Waals surface area contributed by atoms with E-state index in [9.17, 15) is 20.1 Å². The highest BCUT2D eigenvalue weighted by atomic mass is 16.3. The Morgan fingerprint density at radius 2 is 1.86 bits per heavy atom. The molecule has 0 aliphatic carbocycles. The number of rotatable bonds is 3.